The molecule has 44 heavy (non-hydrogen) atoms. The second kappa shape index (κ2) is 14.3. The fourth-order valence-electron chi connectivity index (χ4n) is 6.56. The molecule has 0 spiro atoms. The summed E-state index contributed by atoms with van der Waals surface area (Å²) >= 11 is 0. The smallest absolute Gasteiger partial charge is 0.408 e. The van der Waals surface area contributed by atoms with E-state index in [1.165, 1.54) is 4.90 Å². The number of carbonyl (C=O) groups excluding carboxylic acids is 3. The van der Waals surface area contributed by atoms with Crippen molar-refractivity contribution in [2.24, 2.45) is 11.1 Å². The molecule has 5 atom stereocenters. The van der Waals surface area contributed by atoms with Crippen molar-refractivity contribution in [1.82, 2.24) is 15.5 Å². The van der Waals surface area contributed by atoms with Gasteiger partial charge in [0.25, 0.3) is 0 Å². The molecule has 0 bridgehead atoms. The standard InChI is InChI=1S/C33H44N4O7/c1-2-26(22-13-7-6-8-14-22)36-44-25-19-28-29(38)35-33(31(40)41)20-23(33)15-9-4-3-5-10-18-27(30(39)37(28)21-25)34-32(42)43-24-16-11-12-17-24/h6-9,13-15,23-25,27-28H,2-5,10-12,16-21H2,1H3,(H,34,42)(H,35,38)(H,40,41)/b15-9-,36-26+/t23-,25-,27+,28+,33+/m1/s1. The van der Waals surface area contributed by atoms with Gasteiger partial charge in [0.05, 0.1) is 12.3 Å². The van der Waals surface area contributed by atoms with Crippen molar-refractivity contribution in [3.05, 3.63) is 48.0 Å². The molecule has 0 aromatic heterocycles. The van der Waals surface area contributed by atoms with E-state index < -0.39 is 47.6 Å². The van der Waals surface area contributed by atoms with Crippen LogP contribution in [0.5, 0.6) is 0 Å². The maximum absolute atomic E-state index is 14.1. The average Bonchev–Trinajstić information content (AvgIpc) is 3.31. The summed E-state index contributed by atoms with van der Waals surface area (Å²) in [5.41, 5.74) is 0.251. The summed E-state index contributed by atoms with van der Waals surface area (Å²) < 4.78 is 5.60. The van der Waals surface area contributed by atoms with E-state index in [2.05, 4.69) is 15.8 Å². The van der Waals surface area contributed by atoms with Crippen LogP contribution in [0.3, 0.4) is 0 Å². The topological polar surface area (TPSA) is 147 Å². The van der Waals surface area contributed by atoms with Crippen LogP contribution in [0.15, 0.2) is 47.6 Å². The molecule has 11 nitrogen and oxygen atoms in total. The molecule has 0 unspecified atom stereocenters. The van der Waals surface area contributed by atoms with E-state index in [0.29, 0.717) is 25.7 Å². The van der Waals surface area contributed by atoms with Gasteiger partial charge in [-0.3, -0.25) is 9.59 Å². The van der Waals surface area contributed by atoms with E-state index in [9.17, 15) is 24.3 Å². The Hall–Kier alpha value is -3.89. The fraction of sp³-hybridized carbons (Fsp3) is 0.606. The summed E-state index contributed by atoms with van der Waals surface area (Å²) in [5.74, 6) is -2.36. The number of hydrogen-bond acceptors (Lipinski definition) is 7. The highest BCUT2D eigenvalue weighted by Crippen LogP contribution is 2.45. The second-order valence-corrected chi connectivity index (χ2v) is 12.4. The summed E-state index contributed by atoms with van der Waals surface area (Å²) in [6.07, 6.45) is 10.7. The van der Waals surface area contributed by atoms with Crippen LogP contribution in [0.1, 0.15) is 89.5 Å². The fourth-order valence-corrected chi connectivity index (χ4v) is 6.56. The predicted octanol–water partition coefficient (Wildman–Crippen LogP) is 4.30. The highest BCUT2D eigenvalue weighted by molar-refractivity contribution is 6.00. The molecule has 1 aromatic rings. The van der Waals surface area contributed by atoms with Gasteiger partial charge in [-0.25, -0.2) is 9.59 Å². The van der Waals surface area contributed by atoms with Crippen molar-refractivity contribution in [2.45, 2.75) is 114 Å². The van der Waals surface area contributed by atoms with Crippen molar-refractivity contribution in [1.29, 1.82) is 0 Å². The molecule has 3 amide bonds. The zero-order valence-electron chi connectivity index (χ0n) is 25.4. The van der Waals surface area contributed by atoms with Gasteiger partial charge in [-0.2, -0.15) is 0 Å². The first-order chi connectivity index (χ1) is 21.3. The first-order valence-electron chi connectivity index (χ1n) is 16.1. The van der Waals surface area contributed by atoms with E-state index in [4.69, 9.17) is 9.57 Å². The Morgan fingerprint density at radius 1 is 1.07 bits per heavy atom. The Labute approximate surface area is 258 Å². The molecule has 11 heteroatoms. The molecule has 0 radical (unpaired) electrons. The lowest BCUT2D eigenvalue weighted by molar-refractivity contribution is -0.145. The lowest BCUT2D eigenvalue weighted by Gasteiger charge is -2.29. The van der Waals surface area contributed by atoms with Gasteiger partial charge in [0.15, 0.2) is 0 Å². The van der Waals surface area contributed by atoms with Gasteiger partial charge in [0.1, 0.15) is 29.8 Å². The predicted molar refractivity (Wildman–Crippen MR) is 163 cm³/mol. The Balaban J connectivity index is 1.38. The van der Waals surface area contributed by atoms with Gasteiger partial charge in [0, 0.05) is 12.3 Å². The number of oxime groups is 1. The molecule has 2 saturated carbocycles. The Morgan fingerprint density at radius 2 is 1.82 bits per heavy atom. The highest BCUT2D eigenvalue weighted by Gasteiger charge is 2.61. The molecule has 1 saturated heterocycles. The third-order valence-electron chi connectivity index (χ3n) is 9.24. The van der Waals surface area contributed by atoms with Crippen LogP contribution >= 0.6 is 0 Å². The summed E-state index contributed by atoms with van der Waals surface area (Å²) in [7, 11) is 0. The second-order valence-electron chi connectivity index (χ2n) is 12.4. The Kier molecular flexibility index (Phi) is 10.2. The van der Waals surface area contributed by atoms with E-state index >= 15 is 0 Å². The minimum Gasteiger partial charge on any atom is -0.479 e. The largest absolute Gasteiger partial charge is 0.479 e. The average molecular weight is 609 g/mol. The third kappa shape index (κ3) is 7.42. The number of carboxylic acid groups (broad SMARTS) is 1. The Morgan fingerprint density at radius 3 is 2.55 bits per heavy atom. The number of rotatable bonds is 7. The van der Waals surface area contributed by atoms with Crippen LogP contribution in [-0.4, -0.2) is 76.0 Å². The van der Waals surface area contributed by atoms with Gasteiger partial charge < -0.3 is 30.2 Å². The molecule has 2 aliphatic heterocycles. The molecular weight excluding hydrogens is 564 g/mol. The van der Waals surface area contributed by atoms with Gasteiger partial charge in [0.2, 0.25) is 11.8 Å². The third-order valence-corrected chi connectivity index (χ3v) is 9.24. The van der Waals surface area contributed by atoms with Crippen molar-refractivity contribution in [3.8, 4) is 0 Å². The first-order valence-corrected chi connectivity index (χ1v) is 16.1. The number of aliphatic carboxylic acids is 1. The van der Waals surface area contributed by atoms with Gasteiger partial charge in [-0.05, 0) is 63.4 Å². The van der Waals surface area contributed by atoms with Crippen LogP contribution in [0, 0.1) is 5.92 Å². The maximum atomic E-state index is 14.1. The van der Waals surface area contributed by atoms with E-state index in [-0.39, 0.29) is 25.0 Å². The maximum Gasteiger partial charge on any atom is 0.408 e. The van der Waals surface area contributed by atoms with E-state index in [1.807, 2.05) is 49.4 Å². The van der Waals surface area contributed by atoms with Crippen LogP contribution < -0.4 is 10.6 Å². The molecule has 1 aromatic carbocycles. The zero-order chi connectivity index (χ0) is 31.1. The molecule has 4 aliphatic rings. The number of allylic oxidation sites excluding steroid dienone is 1. The number of nitrogens with one attached hydrogen (secondary N) is 2. The molecule has 2 heterocycles. The van der Waals surface area contributed by atoms with E-state index in [0.717, 1.165) is 56.2 Å². The number of amides is 3. The highest BCUT2D eigenvalue weighted by atomic mass is 16.6. The van der Waals surface area contributed by atoms with Crippen LogP contribution in [0.25, 0.3) is 0 Å². The van der Waals surface area contributed by atoms with Crippen molar-refractivity contribution >= 4 is 29.6 Å². The van der Waals surface area contributed by atoms with Crippen molar-refractivity contribution < 1.29 is 33.9 Å². The lowest BCUT2D eigenvalue weighted by Crippen LogP contribution is -2.56. The molecule has 3 fully saturated rings. The number of benzene rings is 1. The normalized spacial score (nSPS) is 30.7. The first kappa shape index (κ1) is 31.5. The quantitative estimate of drug-likeness (QED) is 0.238. The summed E-state index contributed by atoms with van der Waals surface area (Å²) in [6, 6.07) is 7.76. The molecule has 5 rings (SSSR count). The van der Waals surface area contributed by atoms with Crippen LogP contribution in [-0.2, 0) is 24.0 Å². The minimum atomic E-state index is -1.40. The minimum absolute atomic E-state index is 0.0749. The zero-order valence-corrected chi connectivity index (χ0v) is 25.4. The lowest BCUT2D eigenvalue weighted by atomic mass is 10.0. The molecular formula is C33H44N4O7. The monoisotopic (exact) mass is 608 g/mol. The summed E-state index contributed by atoms with van der Waals surface area (Å²) in [6.45, 7) is 2.04. The van der Waals surface area contributed by atoms with E-state index in [1.54, 1.807) is 0 Å². The van der Waals surface area contributed by atoms with Gasteiger partial charge in [-0.15, -0.1) is 0 Å². The van der Waals surface area contributed by atoms with Crippen molar-refractivity contribution in [3.63, 3.8) is 0 Å². The molecule has 238 valence electrons. The number of hydrogen-bond donors (Lipinski definition) is 3. The SMILES string of the molecule is CC/C(=N\O[C@@H]1C[C@H]2C(=O)N[C@@]3(C(=O)O)C[C@H]3/C=C\CCCCC[C@H](NC(=O)OC3CCCC3)C(=O)N2C1)c1ccccc1. The van der Waals surface area contributed by atoms with Crippen molar-refractivity contribution in [2.75, 3.05) is 6.54 Å². The Bertz CT molecular complexity index is 1260. The number of nitrogens with zero attached hydrogens (tertiary/aromatic N) is 2. The summed E-state index contributed by atoms with van der Waals surface area (Å²) in [5, 5.41) is 20.0. The van der Waals surface area contributed by atoms with Crippen LogP contribution in [0.2, 0.25) is 0 Å². The van der Waals surface area contributed by atoms with Crippen LogP contribution in [0.4, 0.5) is 4.79 Å². The van der Waals surface area contributed by atoms with Gasteiger partial charge in [-0.1, -0.05) is 67.4 Å². The summed E-state index contributed by atoms with van der Waals surface area (Å²) in [4.78, 5) is 60.4. The number of ether oxygens (including phenoxy) is 1. The number of fused-ring (bicyclic) bond motifs is 2. The number of alkyl carbamates (subject to hydrolysis) is 1. The number of carbonyl (C=O) groups is 4. The van der Waals surface area contributed by atoms with Gasteiger partial charge >= 0.3 is 12.1 Å². The molecule has 2 aliphatic carbocycles. The molecule has 3 N–H and O–H groups in total. The number of carboxylic acids is 1.